The topological polar surface area (TPSA) is 46.3 Å². The van der Waals surface area contributed by atoms with Crippen LogP contribution < -0.4 is 5.73 Å². The number of rotatable bonds is 1. The van der Waals surface area contributed by atoms with Crippen LogP contribution in [0.25, 0.3) is 0 Å². The molecular formula is C10H18N2O. The fourth-order valence-electron chi connectivity index (χ4n) is 2.29. The van der Waals surface area contributed by atoms with Crippen molar-refractivity contribution in [1.82, 2.24) is 4.90 Å². The molecule has 1 heterocycles. The van der Waals surface area contributed by atoms with Crippen molar-refractivity contribution in [2.24, 2.45) is 5.73 Å². The van der Waals surface area contributed by atoms with E-state index in [0.29, 0.717) is 6.04 Å². The number of likely N-dealkylation sites (tertiary alicyclic amines) is 1. The van der Waals surface area contributed by atoms with E-state index in [2.05, 4.69) is 6.92 Å². The summed E-state index contributed by atoms with van der Waals surface area (Å²) in [6.45, 7) is 3.03. The summed E-state index contributed by atoms with van der Waals surface area (Å²) in [4.78, 5) is 13.9. The molecule has 3 nitrogen and oxygen atoms in total. The molecule has 13 heavy (non-hydrogen) atoms. The molecule has 0 aromatic carbocycles. The van der Waals surface area contributed by atoms with Crippen molar-refractivity contribution in [3.8, 4) is 0 Å². The van der Waals surface area contributed by atoms with Gasteiger partial charge in [0.1, 0.15) is 0 Å². The lowest BCUT2D eigenvalue weighted by Gasteiger charge is -2.40. The summed E-state index contributed by atoms with van der Waals surface area (Å²) in [5.41, 5.74) is 5.51. The van der Waals surface area contributed by atoms with Crippen molar-refractivity contribution in [1.29, 1.82) is 0 Å². The third kappa shape index (κ3) is 1.35. The van der Waals surface area contributed by atoms with Crippen molar-refractivity contribution in [3.63, 3.8) is 0 Å². The maximum absolute atomic E-state index is 12.0. The molecule has 2 rings (SSSR count). The quantitative estimate of drug-likeness (QED) is 0.654. The van der Waals surface area contributed by atoms with Crippen molar-refractivity contribution in [2.45, 2.75) is 50.6 Å². The summed E-state index contributed by atoms with van der Waals surface area (Å²) in [5, 5.41) is 0. The van der Waals surface area contributed by atoms with Gasteiger partial charge in [0.05, 0.1) is 5.54 Å². The van der Waals surface area contributed by atoms with E-state index >= 15 is 0 Å². The molecule has 0 bridgehead atoms. The standard InChI is InChI=1S/C10H18N2O/c1-8-4-2-7-12(8)9(13)10(11)5-3-6-10/h8H,2-7,11H2,1H3. The number of hydrogen-bond donors (Lipinski definition) is 1. The lowest BCUT2D eigenvalue weighted by atomic mass is 9.76. The first kappa shape index (κ1) is 9.00. The molecule has 2 aliphatic rings. The minimum Gasteiger partial charge on any atom is -0.338 e. The highest BCUT2D eigenvalue weighted by atomic mass is 16.2. The van der Waals surface area contributed by atoms with Gasteiger partial charge in [-0.2, -0.15) is 0 Å². The van der Waals surface area contributed by atoms with Crippen LogP contribution in [0.1, 0.15) is 39.0 Å². The van der Waals surface area contributed by atoms with Crippen molar-refractivity contribution < 1.29 is 4.79 Å². The van der Waals surface area contributed by atoms with E-state index < -0.39 is 5.54 Å². The SMILES string of the molecule is CC1CCCN1C(=O)C1(N)CCC1. The summed E-state index contributed by atoms with van der Waals surface area (Å²) in [6, 6.07) is 0.411. The first-order chi connectivity index (χ1) is 6.13. The lowest BCUT2D eigenvalue weighted by Crippen LogP contribution is -2.60. The predicted molar refractivity (Wildman–Crippen MR) is 51.2 cm³/mol. The summed E-state index contributed by atoms with van der Waals surface area (Å²) in [5.74, 6) is 0.198. The predicted octanol–water partition coefficient (Wildman–Crippen LogP) is 0.879. The van der Waals surface area contributed by atoms with Gasteiger partial charge < -0.3 is 10.6 Å². The van der Waals surface area contributed by atoms with E-state index in [4.69, 9.17) is 5.73 Å². The van der Waals surface area contributed by atoms with Crippen molar-refractivity contribution in [2.75, 3.05) is 6.54 Å². The Morgan fingerprint density at radius 3 is 2.54 bits per heavy atom. The Morgan fingerprint density at radius 1 is 1.46 bits per heavy atom. The van der Waals surface area contributed by atoms with Gasteiger partial charge in [-0.15, -0.1) is 0 Å². The molecule has 0 spiro atoms. The minimum absolute atomic E-state index is 0.198. The Bertz CT molecular complexity index is 223. The molecule has 2 fully saturated rings. The van der Waals surface area contributed by atoms with Crippen LogP contribution in [0.5, 0.6) is 0 Å². The summed E-state index contributed by atoms with van der Waals surface area (Å²) in [6.07, 6.45) is 5.17. The largest absolute Gasteiger partial charge is 0.338 e. The maximum Gasteiger partial charge on any atom is 0.242 e. The van der Waals surface area contributed by atoms with Crippen molar-refractivity contribution in [3.05, 3.63) is 0 Å². The second kappa shape index (κ2) is 2.98. The molecule has 0 aromatic rings. The van der Waals surface area contributed by atoms with E-state index in [1.165, 1.54) is 0 Å². The van der Waals surface area contributed by atoms with Gasteiger partial charge in [0, 0.05) is 12.6 Å². The maximum atomic E-state index is 12.0. The van der Waals surface area contributed by atoms with E-state index in [-0.39, 0.29) is 5.91 Å². The molecule has 1 unspecified atom stereocenters. The molecule has 0 aromatic heterocycles. The number of carbonyl (C=O) groups is 1. The zero-order valence-electron chi connectivity index (χ0n) is 8.25. The fraction of sp³-hybridized carbons (Fsp3) is 0.900. The van der Waals surface area contributed by atoms with Crippen LogP contribution in [-0.4, -0.2) is 28.9 Å². The molecule has 1 saturated carbocycles. The molecule has 1 amide bonds. The van der Waals surface area contributed by atoms with Crippen LogP contribution in [0.3, 0.4) is 0 Å². The average Bonchev–Trinajstić information content (AvgIpc) is 2.46. The van der Waals surface area contributed by atoms with Gasteiger partial charge in [-0.05, 0) is 39.0 Å². The Labute approximate surface area is 79.3 Å². The summed E-state index contributed by atoms with van der Waals surface area (Å²) >= 11 is 0. The Kier molecular flexibility index (Phi) is 2.06. The summed E-state index contributed by atoms with van der Waals surface area (Å²) in [7, 11) is 0. The van der Waals surface area contributed by atoms with Crippen LogP contribution in [0.15, 0.2) is 0 Å². The van der Waals surface area contributed by atoms with E-state index in [1.807, 2.05) is 4.90 Å². The third-order valence-corrected chi connectivity index (χ3v) is 3.49. The van der Waals surface area contributed by atoms with Gasteiger partial charge in [0.25, 0.3) is 0 Å². The van der Waals surface area contributed by atoms with Crippen LogP contribution in [0.2, 0.25) is 0 Å². The molecule has 1 atom stereocenters. The molecular weight excluding hydrogens is 164 g/mol. The first-order valence-corrected chi connectivity index (χ1v) is 5.23. The van der Waals surface area contributed by atoms with Crippen LogP contribution in [0, 0.1) is 0 Å². The molecule has 1 aliphatic heterocycles. The Hall–Kier alpha value is -0.570. The van der Waals surface area contributed by atoms with E-state index in [1.54, 1.807) is 0 Å². The highest BCUT2D eigenvalue weighted by molar-refractivity contribution is 5.87. The second-order valence-corrected chi connectivity index (χ2v) is 4.50. The number of hydrogen-bond acceptors (Lipinski definition) is 2. The number of carbonyl (C=O) groups excluding carboxylic acids is 1. The third-order valence-electron chi connectivity index (χ3n) is 3.49. The monoisotopic (exact) mass is 182 g/mol. The molecule has 2 N–H and O–H groups in total. The number of nitrogens with two attached hydrogens (primary N) is 1. The summed E-state index contributed by atoms with van der Waals surface area (Å²) < 4.78 is 0. The normalized spacial score (nSPS) is 31.5. The van der Waals surface area contributed by atoms with Gasteiger partial charge in [-0.25, -0.2) is 0 Å². The number of nitrogens with zero attached hydrogens (tertiary/aromatic N) is 1. The van der Waals surface area contributed by atoms with Crippen LogP contribution in [-0.2, 0) is 4.79 Å². The number of amides is 1. The van der Waals surface area contributed by atoms with Gasteiger partial charge in [-0.3, -0.25) is 4.79 Å². The van der Waals surface area contributed by atoms with Crippen LogP contribution in [0.4, 0.5) is 0 Å². The van der Waals surface area contributed by atoms with Gasteiger partial charge in [-0.1, -0.05) is 0 Å². The highest BCUT2D eigenvalue weighted by Gasteiger charge is 2.44. The molecule has 3 heteroatoms. The highest BCUT2D eigenvalue weighted by Crippen LogP contribution is 2.33. The minimum atomic E-state index is -0.487. The van der Waals surface area contributed by atoms with E-state index in [0.717, 1.165) is 38.6 Å². The zero-order chi connectivity index (χ0) is 9.47. The fourth-order valence-corrected chi connectivity index (χ4v) is 2.29. The van der Waals surface area contributed by atoms with Gasteiger partial charge in [0.15, 0.2) is 0 Å². The molecule has 1 saturated heterocycles. The first-order valence-electron chi connectivity index (χ1n) is 5.23. The van der Waals surface area contributed by atoms with Crippen LogP contribution >= 0.6 is 0 Å². The molecule has 0 radical (unpaired) electrons. The molecule has 1 aliphatic carbocycles. The van der Waals surface area contributed by atoms with Gasteiger partial charge >= 0.3 is 0 Å². The van der Waals surface area contributed by atoms with Crippen molar-refractivity contribution >= 4 is 5.91 Å². The molecule has 74 valence electrons. The Balaban J connectivity index is 2.03. The lowest BCUT2D eigenvalue weighted by molar-refractivity contribution is -0.140. The van der Waals surface area contributed by atoms with E-state index in [9.17, 15) is 4.79 Å². The average molecular weight is 182 g/mol. The zero-order valence-corrected chi connectivity index (χ0v) is 8.25. The Morgan fingerprint density at radius 2 is 2.15 bits per heavy atom. The smallest absolute Gasteiger partial charge is 0.242 e. The van der Waals surface area contributed by atoms with Gasteiger partial charge in [0.2, 0.25) is 5.91 Å². The second-order valence-electron chi connectivity index (χ2n) is 4.50.